The van der Waals surface area contributed by atoms with E-state index in [1.807, 2.05) is 6.08 Å². The average Bonchev–Trinajstić information content (AvgIpc) is 3.27. The highest BCUT2D eigenvalue weighted by molar-refractivity contribution is 5.80. The van der Waals surface area contributed by atoms with Crippen molar-refractivity contribution >= 4 is 5.91 Å². The predicted molar refractivity (Wildman–Crippen MR) is 255 cm³/mol. The highest BCUT2D eigenvalue weighted by atomic mass is 16.7. The Kier molecular flexibility index (Phi) is 39.6. The van der Waals surface area contributed by atoms with Gasteiger partial charge in [0, 0.05) is 0 Å². The third kappa shape index (κ3) is 31.3. The number of ether oxygens (including phenoxy) is 2. The van der Waals surface area contributed by atoms with Crippen molar-refractivity contribution in [1.82, 2.24) is 5.32 Å². The van der Waals surface area contributed by atoms with E-state index in [1.54, 1.807) is 6.08 Å². The zero-order chi connectivity index (χ0) is 45.3. The number of hydrogen-bond donors (Lipinski definition) is 7. The zero-order valence-electron chi connectivity index (χ0n) is 39.7. The van der Waals surface area contributed by atoms with Gasteiger partial charge in [-0.15, -0.1) is 0 Å². The number of aliphatic hydroxyl groups excluding tert-OH is 6. The van der Waals surface area contributed by atoms with Gasteiger partial charge in [0.25, 0.3) is 0 Å². The molecule has 1 saturated heterocycles. The SMILES string of the molecule is CCCCCCC/C=C/CC/C=C/C(O)C(COC1OC(CO)C(O)C(O)C1O)NC(=O)C(O)CCCCCCCCCCCC/C=C\CCCCCCCCCCCCCC. The van der Waals surface area contributed by atoms with Crippen LogP contribution in [-0.2, 0) is 14.3 Å². The van der Waals surface area contributed by atoms with Crippen molar-refractivity contribution in [1.29, 1.82) is 0 Å². The molecular formula is C52H97NO9. The molecule has 1 heterocycles. The zero-order valence-corrected chi connectivity index (χ0v) is 39.7. The van der Waals surface area contributed by atoms with Crippen LogP contribution in [-0.4, -0.2) is 98.7 Å². The van der Waals surface area contributed by atoms with E-state index in [0.29, 0.717) is 19.3 Å². The number of rotatable bonds is 43. The molecule has 1 aliphatic heterocycles. The van der Waals surface area contributed by atoms with Crippen LogP contribution in [0.25, 0.3) is 0 Å². The minimum Gasteiger partial charge on any atom is -0.394 e. The molecule has 1 rings (SSSR count). The van der Waals surface area contributed by atoms with Crippen LogP contribution in [0.15, 0.2) is 36.5 Å². The van der Waals surface area contributed by atoms with Crippen molar-refractivity contribution in [3.63, 3.8) is 0 Å². The second-order valence-electron chi connectivity index (χ2n) is 18.1. The number of unbranched alkanes of at least 4 members (excludes halogenated alkanes) is 28. The summed E-state index contributed by atoms with van der Waals surface area (Å²) in [5.41, 5.74) is 0. The van der Waals surface area contributed by atoms with Gasteiger partial charge < -0.3 is 45.4 Å². The van der Waals surface area contributed by atoms with Gasteiger partial charge in [-0.2, -0.15) is 0 Å². The molecule has 62 heavy (non-hydrogen) atoms. The van der Waals surface area contributed by atoms with Gasteiger partial charge in [0.15, 0.2) is 6.29 Å². The Hall–Kier alpha value is -1.63. The van der Waals surface area contributed by atoms with Crippen LogP contribution >= 0.6 is 0 Å². The summed E-state index contributed by atoms with van der Waals surface area (Å²) in [6, 6.07) is -0.996. The lowest BCUT2D eigenvalue weighted by atomic mass is 9.99. The molecule has 1 amide bonds. The number of allylic oxidation sites excluding steroid dienone is 5. The Morgan fingerprint density at radius 2 is 0.952 bits per heavy atom. The Labute approximate surface area is 379 Å². The lowest BCUT2D eigenvalue weighted by molar-refractivity contribution is -0.302. The molecule has 1 fully saturated rings. The topological polar surface area (TPSA) is 169 Å². The number of carbonyl (C=O) groups excluding carboxylic acids is 1. The minimum atomic E-state index is -1.61. The molecule has 7 N–H and O–H groups in total. The summed E-state index contributed by atoms with van der Waals surface area (Å²) >= 11 is 0. The van der Waals surface area contributed by atoms with Crippen molar-refractivity contribution in [3.05, 3.63) is 36.5 Å². The van der Waals surface area contributed by atoms with E-state index in [9.17, 15) is 35.4 Å². The minimum absolute atomic E-state index is 0.302. The van der Waals surface area contributed by atoms with E-state index >= 15 is 0 Å². The van der Waals surface area contributed by atoms with Crippen molar-refractivity contribution < 1.29 is 44.9 Å². The van der Waals surface area contributed by atoms with E-state index in [1.165, 1.54) is 161 Å². The highest BCUT2D eigenvalue weighted by Crippen LogP contribution is 2.23. The largest absolute Gasteiger partial charge is 0.394 e. The Balaban J connectivity index is 2.25. The van der Waals surface area contributed by atoms with E-state index in [4.69, 9.17) is 9.47 Å². The molecule has 0 aromatic carbocycles. The lowest BCUT2D eigenvalue weighted by Gasteiger charge is -2.40. The van der Waals surface area contributed by atoms with Gasteiger partial charge in [0.05, 0.1) is 25.4 Å². The first-order chi connectivity index (χ1) is 30.3. The third-order valence-electron chi connectivity index (χ3n) is 12.3. The van der Waals surface area contributed by atoms with Gasteiger partial charge in [-0.3, -0.25) is 4.79 Å². The summed E-state index contributed by atoms with van der Waals surface area (Å²) in [4.78, 5) is 13.0. The number of nitrogens with one attached hydrogen (secondary N) is 1. The smallest absolute Gasteiger partial charge is 0.249 e. The van der Waals surface area contributed by atoms with Crippen LogP contribution in [0.5, 0.6) is 0 Å². The fourth-order valence-corrected chi connectivity index (χ4v) is 8.06. The van der Waals surface area contributed by atoms with Crippen molar-refractivity contribution in [2.24, 2.45) is 0 Å². The standard InChI is InChI=1S/C52H97NO9/c1-3-5-7-9-11-13-15-16-17-18-19-20-21-22-23-24-25-26-27-28-29-31-33-35-37-39-41-46(56)51(60)53-44(43-61-52-50(59)49(58)48(57)47(42-54)62-52)45(55)40-38-36-34-32-30-14-12-10-8-6-4-2/h22-23,30,32,38,40,44-50,52,54-59H,3-21,24-29,31,33-37,39,41-43H2,1-2H3,(H,53,60)/b23-22-,32-30+,40-38+. The third-order valence-corrected chi connectivity index (χ3v) is 12.3. The van der Waals surface area contributed by atoms with Gasteiger partial charge in [-0.25, -0.2) is 0 Å². The lowest BCUT2D eigenvalue weighted by Crippen LogP contribution is -2.60. The van der Waals surface area contributed by atoms with Crippen LogP contribution < -0.4 is 5.32 Å². The van der Waals surface area contributed by atoms with Gasteiger partial charge in [0.1, 0.15) is 30.5 Å². The molecule has 0 aromatic heterocycles. The Bertz CT molecular complexity index is 1080. The molecule has 8 unspecified atom stereocenters. The molecule has 0 aliphatic carbocycles. The molecule has 0 bridgehead atoms. The molecule has 0 spiro atoms. The molecule has 10 heteroatoms. The first-order valence-corrected chi connectivity index (χ1v) is 25.8. The molecule has 364 valence electrons. The van der Waals surface area contributed by atoms with Crippen LogP contribution in [0.2, 0.25) is 0 Å². The molecule has 0 radical (unpaired) electrons. The molecular weight excluding hydrogens is 783 g/mol. The fraction of sp³-hybridized carbons (Fsp3) is 0.865. The first kappa shape index (κ1) is 58.4. The molecule has 0 aromatic rings. The van der Waals surface area contributed by atoms with Crippen molar-refractivity contribution in [3.8, 4) is 0 Å². The van der Waals surface area contributed by atoms with Crippen LogP contribution in [0.4, 0.5) is 0 Å². The summed E-state index contributed by atoms with van der Waals surface area (Å²) in [6.45, 7) is 3.57. The summed E-state index contributed by atoms with van der Waals surface area (Å²) in [7, 11) is 0. The predicted octanol–water partition coefficient (Wildman–Crippen LogP) is 10.6. The normalized spacial score (nSPS) is 21.1. The van der Waals surface area contributed by atoms with E-state index < -0.39 is 61.5 Å². The monoisotopic (exact) mass is 880 g/mol. The van der Waals surface area contributed by atoms with Crippen molar-refractivity contribution in [2.45, 2.75) is 275 Å². The maximum atomic E-state index is 13.0. The molecule has 10 nitrogen and oxygen atoms in total. The maximum absolute atomic E-state index is 13.0. The number of amides is 1. The van der Waals surface area contributed by atoms with Gasteiger partial charge >= 0.3 is 0 Å². The fourth-order valence-electron chi connectivity index (χ4n) is 8.06. The van der Waals surface area contributed by atoms with Gasteiger partial charge in [-0.05, 0) is 57.8 Å². The van der Waals surface area contributed by atoms with Gasteiger partial charge in [0.2, 0.25) is 5.91 Å². The molecule has 0 saturated carbocycles. The van der Waals surface area contributed by atoms with Crippen LogP contribution in [0.1, 0.15) is 226 Å². The Morgan fingerprint density at radius 1 is 0.548 bits per heavy atom. The number of hydrogen-bond acceptors (Lipinski definition) is 9. The quantitative estimate of drug-likeness (QED) is 0.0233. The first-order valence-electron chi connectivity index (χ1n) is 25.8. The summed E-state index contributed by atoms with van der Waals surface area (Å²) in [5.74, 6) is -0.628. The van der Waals surface area contributed by atoms with Crippen molar-refractivity contribution in [2.75, 3.05) is 13.2 Å². The van der Waals surface area contributed by atoms with Crippen LogP contribution in [0.3, 0.4) is 0 Å². The number of carbonyl (C=O) groups is 1. The second-order valence-corrected chi connectivity index (χ2v) is 18.1. The Morgan fingerprint density at radius 3 is 1.40 bits per heavy atom. The second kappa shape index (κ2) is 42.0. The summed E-state index contributed by atoms with van der Waals surface area (Å²) in [5, 5.41) is 64.6. The molecule has 8 atom stereocenters. The number of aliphatic hydroxyl groups is 6. The average molecular weight is 880 g/mol. The van der Waals surface area contributed by atoms with Gasteiger partial charge in [-0.1, -0.05) is 204 Å². The van der Waals surface area contributed by atoms with E-state index in [2.05, 4.69) is 43.5 Å². The van der Waals surface area contributed by atoms with E-state index in [0.717, 1.165) is 32.1 Å². The summed E-state index contributed by atoms with van der Waals surface area (Å²) in [6.07, 6.45) is 42.6. The van der Waals surface area contributed by atoms with E-state index in [-0.39, 0.29) is 6.61 Å². The van der Waals surface area contributed by atoms with Crippen LogP contribution in [0, 0.1) is 0 Å². The highest BCUT2D eigenvalue weighted by Gasteiger charge is 2.44. The maximum Gasteiger partial charge on any atom is 0.249 e. The molecule has 1 aliphatic rings. The summed E-state index contributed by atoms with van der Waals surface area (Å²) < 4.78 is 11.1.